The minimum atomic E-state index is -4.51. The lowest BCUT2D eigenvalue weighted by molar-refractivity contribution is -0.137. The van der Waals surface area contributed by atoms with E-state index < -0.39 is 17.6 Å². The van der Waals surface area contributed by atoms with Gasteiger partial charge in [0.25, 0.3) is 0 Å². The Morgan fingerprint density at radius 3 is 2.93 bits per heavy atom. The SMILES string of the molecule is COC[C@@H]1C[C@@H](NC(=O)c2nnc(-c3cccc(C(F)(F)F)c3)o2)CN1C#N. The quantitative estimate of drug-likeness (QED) is 0.773. The molecule has 8 nitrogen and oxygen atoms in total. The maximum absolute atomic E-state index is 12.8. The van der Waals surface area contributed by atoms with E-state index in [-0.39, 0.29) is 29.4 Å². The number of nitriles is 1. The Bertz CT molecular complexity index is 893. The van der Waals surface area contributed by atoms with Crippen LogP contribution in [0.4, 0.5) is 13.2 Å². The molecule has 0 aliphatic carbocycles. The normalized spacial score (nSPS) is 19.5. The number of methoxy groups -OCH3 is 1. The molecule has 2 aromatic rings. The molecular weight excluding hydrogens is 379 g/mol. The number of amides is 1. The van der Waals surface area contributed by atoms with Crippen LogP contribution in [0.5, 0.6) is 0 Å². The summed E-state index contributed by atoms with van der Waals surface area (Å²) in [5.74, 6) is -1.23. The van der Waals surface area contributed by atoms with Gasteiger partial charge in [-0.05, 0) is 24.6 Å². The third-order valence-corrected chi connectivity index (χ3v) is 4.29. The molecule has 0 spiro atoms. The first-order chi connectivity index (χ1) is 13.3. The summed E-state index contributed by atoms with van der Waals surface area (Å²) in [6.45, 7) is 0.658. The highest BCUT2D eigenvalue weighted by molar-refractivity contribution is 5.90. The lowest BCUT2D eigenvalue weighted by Crippen LogP contribution is -2.36. The number of aromatic nitrogens is 2. The zero-order chi connectivity index (χ0) is 20.3. The molecule has 2 atom stereocenters. The van der Waals surface area contributed by atoms with E-state index in [1.165, 1.54) is 24.1 Å². The summed E-state index contributed by atoms with van der Waals surface area (Å²) < 4.78 is 48.8. The summed E-state index contributed by atoms with van der Waals surface area (Å²) in [4.78, 5) is 13.8. The molecule has 2 heterocycles. The molecule has 1 aliphatic heterocycles. The monoisotopic (exact) mass is 395 g/mol. The Labute approximate surface area is 157 Å². The van der Waals surface area contributed by atoms with Crippen molar-refractivity contribution in [2.24, 2.45) is 0 Å². The highest BCUT2D eigenvalue weighted by Gasteiger charge is 2.34. The van der Waals surface area contributed by atoms with Gasteiger partial charge in [0.05, 0.1) is 18.2 Å². The van der Waals surface area contributed by atoms with Gasteiger partial charge in [-0.2, -0.15) is 18.4 Å². The summed E-state index contributed by atoms with van der Waals surface area (Å²) in [5.41, 5.74) is -0.806. The van der Waals surface area contributed by atoms with Crippen molar-refractivity contribution in [3.63, 3.8) is 0 Å². The van der Waals surface area contributed by atoms with Crippen LogP contribution < -0.4 is 5.32 Å². The molecule has 0 saturated carbocycles. The zero-order valence-corrected chi connectivity index (χ0v) is 14.7. The van der Waals surface area contributed by atoms with Gasteiger partial charge in [0.15, 0.2) is 6.19 Å². The number of rotatable bonds is 5. The minimum Gasteiger partial charge on any atom is -0.412 e. The van der Waals surface area contributed by atoms with Gasteiger partial charge >= 0.3 is 18.0 Å². The van der Waals surface area contributed by atoms with Crippen LogP contribution >= 0.6 is 0 Å². The number of hydrogen-bond acceptors (Lipinski definition) is 7. The van der Waals surface area contributed by atoms with Gasteiger partial charge in [-0.1, -0.05) is 6.07 Å². The van der Waals surface area contributed by atoms with Crippen LogP contribution in [0, 0.1) is 11.5 Å². The van der Waals surface area contributed by atoms with Crippen LogP contribution in [0.1, 0.15) is 22.7 Å². The molecule has 1 N–H and O–H groups in total. The third-order valence-electron chi connectivity index (χ3n) is 4.29. The number of benzene rings is 1. The Balaban J connectivity index is 1.69. The molecule has 1 saturated heterocycles. The summed E-state index contributed by atoms with van der Waals surface area (Å²) in [7, 11) is 1.52. The zero-order valence-electron chi connectivity index (χ0n) is 14.7. The van der Waals surface area contributed by atoms with Crippen molar-refractivity contribution in [3.05, 3.63) is 35.7 Å². The molecule has 0 radical (unpaired) electrons. The molecule has 28 heavy (non-hydrogen) atoms. The third kappa shape index (κ3) is 4.23. The van der Waals surface area contributed by atoms with Crippen molar-refractivity contribution in [1.29, 1.82) is 5.26 Å². The van der Waals surface area contributed by atoms with E-state index in [9.17, 15) is 18.0 Å². The maximum Gasteiger partial charge on any atom is 0.416 e. The van der Waals surface area contributed by atoms with E-state index >= 15 is 0 Å². The number of nitrogens with zero attached hydrogens (tertiary/aromatic N) is 4. The Morgan fingerprint density at radius 1 is 1.46 bits per heavy atom. The fraction of sp³-hybridized carbons (Fsp3) is 0.412. The largest absolute Gasteiger partial charge is 0.416 e. The summed E-state index contributed by atoms with van der Waals surface area (Å²) in [6.07, 6.45) is -1.96. The number of nitrogens with one attached hydrogen (secondary N) is 1. The van der Waals surface area contributed by atoms with Crippen LogP contribution in [-0.2, 0) is 10.9 Å². The molecule has 0 bridgehead atoms. The fourth-order valence-corrected chi connectivity index (χ4v) is 3.00. The average Bonchev–Trinajstić information content (AvgIpc) is 3.29. The summed E-state index contributed by atoms with van der Waals surface area (Å²) in [5, 5.41) is 19.1. The van der Waals surface area contributed by atoms with Crippen LogP contribution in [0.3, 0.4) is 0 Å². The fourth-order valence-electron chi connectivity index (χ4n) is 3.00. The van der Waals surface area contributed by atoms with E-state index in [2.05, 4.69) is 15.5 Å². The first kappa shape index (κ1) is 19.6. The van der Waals surface area contributed by atoms with Crippen molar-refractivity contribution in [1.82, 2.24) is 20.4 Å². The smallest absolute Gasteiger partial charge is 0.412 e. The molecule has 1 aliphatic rings. The standard InChI is InChI=1S/C17H16F3N5O3/c1-27-8-13-6-12(7-25(13)9-21)22-14(26)16-24-23-15(28-16)10-3-2-4-11(5-10)17(18,19)20/h2-5,12-13H,6-8H2,1H3,(H,22,26)/t12-,13+/m1/s1. The topological polar surface area (TPSA) is 104 Å². The Kier molecular flexibility index (Phi) is 5.51. The molecule has 1 aromatic heterocycles. The lowest BCUT2D eigenvalue weighted by Gasteiger charge is -2.15. The molecule has 0 unspecified atom stereocenters. The van der Waals surface area contributed by atoms with E-state index in [0.717, 1.165) is 12.1 Å². The minimum absolute atomic E-state index is 0.0538. The van der Waals surface area contributed by atoms with E-state index in [1.54, 1.807) is 0 Å². The lowest BCUT2D eigenvalue weighted by atomic mass is 10.1. The molecule has 1 aromatic carbocycles. The number of carbonyl (C=O) groups excluding carboxylic acids is 1. The highest BCUT2D eigenvalue weighted by Crippen LogP contribution is 2.31. The molecule has 1 fully saturated rings. The first-order valence-electron chi connectivity index (χ1n) is 8.29. The van der Waals surface area contributed by atoms with Gasteiger partial charge in [0, 0.05) is 25.3 Å². The van der Waals surface area contributed by atoms with Gasteiger partial charge in [0.1, 0.15) is 0 Å². The number of halogens is 3. The van der Waals surface area contributed by atoms with Gasteiger partial charge in [-0.25, -0.2) is 0 Å². The molecule has 1 amide bonds. The molecular formula is C17H16F3N5O3. The van der Waals surface area contributed by atoms with Crippen LogP contribution in [0.25, 0.3) is 11.5 Å². The van der Waals surface area contributed by atoms with Crippen molar-refractivity contribution >= 4 is 5.91 Å². The van der Waals surface area contributed by atoms with Crippen molar-refractivity contribution in [2.75, 3.05) is 20.3 Å². The van der Waals surface area contributed by atoms with Gasteiger partial charge in [-0.3, -0.25) is 4.79 Å². The van der Waals surface area contributed by atoms with E-state index in [4.69, 9.17) is 14.4 Å². The van der Waals surface area contributed by atoms with Gasteiger partial charge < -0.3 is 19.4 Å². The first-order valence-corrected chi connectivity index (χ1v) is 8.29. The number of carbonyl (C=O) groups is 1. The second kappa shape index (κ2) is 7.85. The van der Waals surface area contributed by atoms with E-state index in [0.29, 0.717) is 19.6 Å². The average molecular weight is 395 g/mol. The summed E-state index contributed by atoms with van der Waals surface area (Å²) >= 11 is 0. The second-order valence-corrected chi connectivity index (χ2v) is 6.26. The van der Waals surface area contributed by atoms with E-state index in [1.807, 2.05) is 6.19 Å². The number of hydrogen-bond donors (Lipinski definition) is 1. The molecule has 3 rings (SSSR count). The predicted molar refractivity (Wildman–Crippen MR) is 88.6 cm³/mol. The van der Waals surface area contributed by atoms with Gasteiger partial charge in [-0.15, -0.1) is 10.2 Å². The number of ether oxygens (including phenoxy) is 1. The Morgan fingerprint density at radius 2 is 2.25 bits per heavy atom. The number of likely N-dealkylation sites (tertiary alicyclic amines) is 1. The number of alkyl halides is 3. The second-order valence-electron chi connectivity index (χ2n) is 6.26. The van der Waals surface area contributed by atoms with Crippen molar-refractivity contribution in [2.45, 2.75) is 24.7 Å². The van der Waals surface area contributed by atoms with Crippen molar-refractivity contribution in [3.8, 4) is 17.6 Å². The molecule has 148 valence electrons. The predicted octanol–water partition coefficient (Wildman–Crippen LogP) is 2.06. The van der Waals surface area contributed by atoms with Crippen LogP contribution in [0.2, 0.25) is 0 Å². The highest BCUT2D eigenvalue weighted by atomic mass is 19.4. The van der Waals surface area contributed by atoms with Crippen LogP contribution in [0.15, 0.2) is 28.7 Å². The van der Waals surface area contributed by atoms with Crippen molar-refractivity contribution < 1.29 is 27.1 Å². The summed E-state index contributed by atoms with van der Waals surface area (Å²) in [6, 6.07) is 3.91. The van der Waals surface area contributed by atoms with Crippen LogP contribution in [-0.4, -0.2) is 53.3 Å². The maximum atomic E-state index is 12.8. The van der Waals surface area contributed by atoms with Gasteiger partial charge in [0.2, 0.25) is 5.89 Å². The Hall–Kier alpha value is -3.13. The molecule has 11 heteroatoms.